The van der Waals surface area contributed by atoms with E-state index >= 15 is 0 Å². The van der Waals surface area contributed by atoms with Crippen molar-refractivity contribution in [2.75, 3.05) is 13.1 Å². The maximum atomic E-state index is 12.4. The van der Waals surface area contributed by atoms with Crippen molar-refractivity contribution in [1.82, 2.24) is 20.4 Å². The van der Waals surface area contributed by atoms with Crippen molar-refractivity contribution in [2.45, 2.75) is 37.3 Å². The van der Waals surface area contributed by atoms with Gasteiger partial charge in [0, 0.05) is 24.7 Å². The van der Waals surface area contributed by atoms with Crippen LogP contribution in [-0.2, 0) is 0 Å². The summed E-state index contributed by atoms with van der Waals surface area (Å²) < 4.78 is 1.93. The monoisotopic (exact) mass is 310 g/mol. The average molecular weight is 310 g/mol. The van der Waals surface area contributed by atoms with Crippen LogP contribution in [-0.4, -0.2) is 34.8 Å². The van der Waals surface area contributed by atoms with Crippen molar-refractivity contribution in [2.24, 2.45) is 0 Å². The molecule has 1 aliphatic heterocycles. The third-order valence-corrected chi connectivity index (χ3v) is 4.82. The predicted octanol–water partition coefficient (Wildman–Crippen LogP) is 2.09. The highest BCUT2D eigenvalue weighted by Gasteiger charge is 2.39. The summed E-state index contributed by atoms with van der Waals surface area (Å²) in [5.74, 6) is 0.390. The Kier molecular flexibility index (Phi) is 3.87. The Morgan fingerprint density at radius 2 is 2.13 bits per heavy atom. The first-order valence-electron chi connectivity index (χ1n) is 8.43. The lowest BCUT2D eigenvalue weighted by Crippen LogP contribution is -2.32. The van der Waals surface area contributed by atoms with Gasteiger partial charge in [0.2, 0.25) is 0 Å². The molecule has 2 aliphatic rings. The zero-order chi connectivity index (χ0) is 15.6. The first-order chi connectivity index (χ1) is 11.3. The lowest BCUT2D eigenvalue weighted by molar-refractivity contribution is 0.0944. The number of amides is 1. The van der Waals surface area contributed by atoms with E-state index in [2.05, 4.69) is 27.9 Å². The standard InChI is InChI=1S/C18H22N4O/c23-18(20-17-11-15(17)13-5-2-1-3-6-13)16-8-10-22(21-16)14-7-4-9-19-12-14/h1-3,5-6,8,10,14-15,17,19H,4,7,9,11-12H2,(H,20,23)/t14-,15-,17-/m1/s1. The van der Waals surface area contributed by atoms with Crippen LogP contribution < -0.4 is 10.6 Å². The van der Waals surface area contributed by atoms with Gasteiger partial charge in [-0.05, 0) is 37.4 Å². The van der Waals surface area contributed by atoms with Gasteiger partial charge in [-0.1, -0.05) is 30.3 Å². The molecule has 23 heavy (non-hydrogen) atoms. The van der Waals surface area contributed by atoms with E-state index in [4.69, 9.17) is 0 Å². The zero-order valence-corrected chi connectivity index (χ0v) is 13.1. The highest BCUT2D eigenvalue weighted by molar-refractivity contribution is 5.92. The third-order valence-electron chi connectivity index (χ3n) is 4.82. The number of rotatable bonds is 4. The molecule has 1 aromatic heterocycles. The van der Waals surface area contributed by atoms with Gasteiger partial charge in [-0.3, -0.25) is 9.48 Å². The smallest absolute Gasteiger partial charge is 0.272 e. The number of nitrogens with zero attached hydrogens (tertiary/aromatic N) is 2. The van der Waals surface area contributed by atoms with Gasteiger partial charge in [-0.15, -0.1) is 0 Å². The van der Waals surface area contributed by atoms with Gasteiger partial charge in [-0.2, -0.15) is 5.10 Å². The van der Waals surface area contributed by atoms with Gasteiger partial charge in [-0.25, -0.2) is 0 Å². The van der Waals surface area contributed by atoms with Crippen molar-refractivity contribution >= 4 is 5.91 Å². The second-order valence-corrected chi connectivity index (χ2v) is 6.51. The number of benzene rings is 1. The molecule has 5 heteroatoms. The summed E-state index contributed by atoms with van der Waals surface area (Å²) in [5, 5.41) is 11.0. The largest absolute Gasteiger partial charge is 0.347 e. The summed E-state index contributed by atoms with van der Waals surface area (Å²) >= 11 is 0. The molecule has 1 aromatic carbocycles. The molecule has 1 aliphatic carbocycles. The summed E-state index contributed by atoms with van der Waals surface area (Å²) in [7, 11) is 0. The molecule has 0 bridgehead atoms. The Hall–Kier alpha value is -2.14. The molecule has 0 unspecified atom stereocenters. The average Bonchev–Trinajstić information content (AvgIpc) is 3.19. The molecule has 5 nitrogen and oxygen atoms in total. The maximum Gasteiger partial charge on any atom is 0.272 e. The molecule has 2 N–H and O–H groups in total. The van der Waals surface area contributed by atoms with Crippen molar-refractivity contribution in [1.29, 1.82) is 0 Å². The fraction of sp³-hybridized carbons (Fsp3) is 0.444. The van der Waals surface area contributed by atoms with Crippen LogP contribution in [0, 0.1) is 0 Å². The Morgan fingerprint density at radius 3 is 2.91 bits per heavy atom. The summed E-state index contributed by atoms with van der Waals surface area (Å²) in [6.07, 6.45) is 5.22. The molecule has 2 heterocycles. The Labute approximate surface area is 136 Å². The fourth-order valence-electron chi connectivity index (χ4n) is 3.39. The van der Waals surface area contributed by atoms with Crippen molar-refractivity contribution in [3.63, 3.8) is 0 Å². The van der Waals surface area contributed by atoms with E-state index in [0.29, 0.717) is 17.7 Å². The summed E-state index contributed by atoms with van der Waals surface area (Å²) in [4.78, 5) is 12.4. The number of hydrogen-bond donors (Lipinski definition) is 2. The van der Waals surface area contributed by atoms with E-state index in [9.17, 15) is 4.79 Å². The minimum atomic E-state index is -0.0593. The number of aromatic nitrogens is 2. The van der Waals surface area contributed by atoms with Gasteiger partial charge in [0.15, 0.2) is 0 Å². The van der Waals surface area contributed by atoms with Gasteiger partial charge >= 0.3 is 0 Å². The van der Waals surface area contributed by atoms with E-state index in [-0.39, 0.29) is 11.9 Å². The zero-order valence-electron chi connectivity index (χ0n) is 13.1. The van der Waals surface area contributed by atoms with Crippen LogP contribution >= 0.6 is 0 Å². The van der Waals surface area contributed by atoms with Crippen LogP contribution in [0.3, 0.4) is 0 Å². The minimum absolute atomic E-state index is 0.0593. The van der Waals surface area contributed by atoms with E-state index in [0.717, 1.165) is 32.4 Å². The van der Waals surface area contributed by atoms with Gasteiger partial charge < -0.3 is 10.6 Å². The van der Waals surface area contributed by atoms with Crippen LogP contribution in [0.25, 0.3) is 0 Å². The molecule has 0 spiro atoms. The van der Waals surface area contributed by atoms with E-state index < -0.39 is 0 Å². The summed E-state index contributed by atoms with van der Waals surface area (Å²) in [6.45, 7) is 2.01. The molecule has 1 saturated heterocycles. The predicted molar refractivity (Wildman–Crippen MR) is 88.4 cm³/mol. The highest BCUT2D eigenvalue weighted by Crippen LogP contribution is 2.40. The van der Waals surface area contributed by atoms with Crippen LogP contribution in [0.4, 0.5) is 0 Å². The molecule has 2 aromatic rings. The number of carbonyl (C=O) groups excluding carboxylic acids is 1. The highest BCUT2D eigenvalue weighted by atomic mass is 16.2. The van der Waals surface area contributed by atoms with Gasteiger partial charge in [0.1, 0.15) is 5.69 Å². The topological polar surface area (TPSA) is 59.0 Å². The molecule has 2 fully saturated rings. The number of nitrogens with one attached hydrogen (secondary N) is 2. The van der Waals surface area contributed by atoms with Crippen LogP contribution in [0.5, 0.6) is 0 Å². The summed E-state index contributed by atoms with van der Waals surface area (Å²) in [6, 6.07) is 12.8. The van der Waals surface area contributed by atoms with E-state index in [1.54, 1.807) is 0 Å². The van der Waals surface area contributed by atoms with Crippen molar-refractivity contribution in [3.8, 4) is 0 Å². The van der Waals surface area contributed by atoms with E-state index in [1.165, 1.54) is 5.56 Å². The molecule has 0 radical (unpaired) electrons. The fourth-order valence-corrected chi connectivity index (χ4v) is 3.39. The molecule has 3 atom stereocenters. The number of hydrogen-bond acceptors (Lipinski definition) is 3. The maximum absolute atomic E-state index is 12.4. The lowest BCUT2D eigenvalue weighted by atomic mass is 10.1. The van der Waals surface area contributed by atoms with Gasteiger partial charge in [0.05, 0.1) is 6.04 Å². The first-order valence-corrected chi connectivity index (χ1v) is 8.43. The molecule has 1 saturated carbocycles. The second-order valence-electron chi connectivity index (χ2n) is 6.51. The Balaban J connectivity index is 1.36. The lowest BCUT2D eigenvalue weighted by Gasteiger charge is -2.22. The van der Waals surface area contributed by atoms with Crippen LogP contribution in [0.15, 0.2) is 42.6 Å². The van der Waals surface area contributed by atoms with Crippen molar-refractivity contribution < 1.29 is 4.79 Å². The minimum Gasteiger partial charge on any atom is -0.347 e. The Bertz CT molecular complexity index is 675. The normalized spacial score (nSPS) is 26.7. The van der Waals surface area contributed by atoms with Gasteiger partial charge in [0.25, 0.3) is 5.91 Å². The SMILES string of the molecule is O=C(N[C@@H]1C[C@@H]1c1ccccc1)c1ccn([C@@H]2CCCNC2)n1. The quantitative estimate of drug-likeness (QED) is 0.909. The second kappa shape index (κ2) is 6.16. The first kappa shape index (κ1) is 14.5. The van der Waals surface area contributed by atoms with Crippen LogP contribution in [0.2, 0.25) is 0 Å². The molecular formula is C18H22N4O. The molecule has 1 amide bonds. The van der Waals surface area contributed by atoms with Crippen LogP contribution in [0.1, 0.15) is 47.3 Å². The number of piperidine rings is 1. The van der Waals surface area contributed by atoms with Crippen molar-refractivity contribution in [3.05, 3.63) is 53.9 Å². The van der Waals surface area contributed by atoms with E-state index in [1.807, 2.05) is 35.1 Å². The molecule has 120 valence electrons. The third kappa shape index (κ3) is 3.15. The number of carbonyl (C=O) groups is 1. The Morgan fingerprint density at radius 1 is 1.26 bits per heavy atom. The summed E-state index contributed by atoms with van der Waals surface area (Å²) in [5.41, 5.74) is 1.82. The molecular weight excluding hydrogens is 288 g/mol. The molecule has 4 rings (SSSR count).